The number of hydrogen-bond donors (Lipinski definition) is 2. The monoisotopic (exact) mass is 368 g/mol. The predicted octanol–water partition coefficient (Wildman–Crippen LogP) is 3.86. The molecule has 1 aromatic heterocycles. The number of carbonyl (C=O) groups is 1. The molecule has 0 atom stereocenters. The maximum absolute atomic E-state index is 12.5. The minimum atomic E-state index is -0.470. The molecule has 26 heavy (non-hydrogen) atoms. The maximum atomic E-state index is 12.5. The second-order valence-corrected chi connectivity index (χ2v) is 6.15. The van der Waals surface area contributed by atoms with Crippen LogP contribution in [0.1, 0.15) is 21.6 Å². The molecule has 4 rings (SSSR count). The summed E-state index contributed by atoms with van der Waals surface area (Å²) in [5.41, 5.74) is 2.12. The van der Waals surface area contributed by atoms with Crippen LogP contribution in [0.3, 0.4) is 0 Å². The largest absolute Gasteiger partial charge is 0.504 e. The summed E-state index contributed by atoms with van der Waals surface area (Å²) in [6.45, 7) is 1.77. The number of allylic oxidation sites excluding steroid dienone is 1. The Labute approximate surface area is 153 Å². The summed E-state index contributed by atoms with van der Waals surface area (Å²) in [6, 6.07) is 12.0. The highest BCUT2D eigenvalue weighted by Gasteiger charge is 2.32. The minimum Gasteiger partial charge on any atom is -0.504 e. The second kappa shape index (κ2) is 5.93. The zero-order valence-electron chi connectivity index (χ0n) is 13.6. The molecule has 2 aromatic carbocycles. The number of aromatic hydroxyl groups is 2. The van der Waals surface area contributed by atoms with Gasteiger partial charge in [-0.1, -0.05) is 29.8 Å². The van der Waals surface area contributed by atoms with Crippen LogP contribution in [0.5, 0.6) is 17.2 Å². The molecule has 0 unspecified atom stereocenters. The lowest BCUT2D eigenvalue weighted by atomic mass is 10.1. The first-order valence-electron chi connectivity index (χ1n) is 7.77. The maximum Gasteiger partial charge on any atom is 0.232 e. The number of nitrogens with zero attached hydrogens (tertiary/aromatic N) is 2. The second-order valence-electron chi connectivity index (χ2n) is 5.79. The van der Waals surface area contributed by atoms with Crippen molar-refractivity contribution in [3.63, 3.8) is 0 Å². The quantitative estimate of drug-likeness (QED) is 0.530. The van der Waals surface area contributed by atoms with E-state index in [1.54, 1.807) is 11.6 Å². The summed E-state index contributed by atoms with van der Waals surface area (Å²) in [4.78, 5) is 12.5. The zero-order chi connectivity index (χ0) is 18.4. The van der Waals surface area contributed by atoms with Crippen LogP contribution in [0.4, 0.5) is 0 Å². The molecule has 0 saturated heterocycles. The van der Waals surface area contributed by atoms with Crippen LogP contribution in [-0.2, 0) is 0 Å². The van der Waals surface area contributed by atoms with Crippen molar-refractivity contribution in [1.82, 2.24) is 9.78 Å². The van der Waals surface area contributed by atoms with E-state index in [0.29, 0.717) is 16.4 Å². The molecule has 0 spiro atoms. The average Bonchev–Trinajstić information content (AvgIpc) is 3.11. The van der Waals surface area contributed by atoms with Gasteiger partial charge in [-0.05, 0) is 37.3 Å². The lowest BCUT2D eigenvalue weighted by Gasteiger charge is -2.03. The van der Waals surface area contributed by atoms with Crippen molar-refractivity contribution in [3.05, 3.63) is 70.2 Å². The van der Waals surface area contributed by atoms with Gasteiger partial charge in [0.2, 0.25) is 11.5 Å². The van der Waals surface area contributed by atoms with Gasteiger partial charge < -0.3 is 14.9 Å². The van der Waals surface area contributed by atoms with Gasteiger partial charge in [0.05, 0.1) is 16.9 Å². The van der Waals surface area contributed by atoms with Crippen LogP contribution in [0.25, 0.3) is 11.8 Å². The Kier molecular flexibility index (Phi) is 3.70. The summed E-state index contributed by atoms with van der Waals surface area (Å²) >= 11 is 6.46. The predicted molar refractivity (Wildman–Crippen MR) is 96.0 cm³/mol. The molecule has 2 heterocycles. The number of hydrogen-bond acceptors (Lipinski definition) is 5. The lowest BCUT2D eigenvalue weighted by molar-refractivity contribution is 0.101. The Morgan fingerprint density at radius 1 is 1.15 bits per heavy atom. The van der Waals surface area contributed by atoms with E-state index < -0.39 is 11.5 Å². The number of para-hydroxylation sites is 1. The van der Waals surface area contributed by atoms with Crippen LogP contribution in [0.15, 0.2) is 48.2 Å². The van der Waals surface area contributed by atoms with Crippen molar-refractivity contribution in [1.29, 1.82) is 0 Å². The molecular weight excluding hydrogens is 356 g/mol. The van der Waals surface area contributed by atoms with E-state index in [0.717, 1.165) is 5.69 Å². The van der Waals surface area contributed by atoms with Gasteiger partial charge in [0.15, 0.2) is 17.3 Å². The van der Waals surface area contributed by atoms with E-state index in [2.05, 4.69) is 5.10 Å². The van der Waals surface area contributed by atoms with E-state index in [-0.39, 0.29) is 22.8 Å². The Bertz CT molecular complexity index is 1070. The van der Waals surface area contributed by atoms with Gasteiger partial charge in [0, 0.05) is 5.56 Å². The van der Waals surface area contributed by atoms with E-state index >= 15 is 0 Å². The van der Waals surface area contributed by atoms with Gasteiger partial charge in [-0.25, -0.2) is 4.68 Å². The average molecular weight is 369 g/mol. The molecule has 6 nitrogen and oxygen atoms in total. The number of fused-ring (bicyclic) bond motifs is 1. The van der Waals surface area contributed by atoms with Crippen LogP contribution >= 0.6 is 11.6 Å². The minimum absolute atomic E-state index is 0.00138. The lowest BCUT2D eigenvalue weighted by Crippen LogP contribution is -1.98. The third-order valence-electron chi connectivity index (χ3n) is 4.11. The Morgan fingerprint density at radius 3 is 2.62 bits per heavy atom. The van der Waals surface area contributed by atoms with Crippen molar-refractivity contribution in [3.8, 4) is 22.9 Å². The fourth-order valence-electron chi connectivity index (χ4n) is 2.77. The Morgan fingerprint density at radius 2 is 1.88 bits per heavy atom. The van der Waals surface area contributed by atoms with Crippen molar-refractivity contribution >= 4 is 23.5 Å². The molecule has 0 amide bonds. The highest BCUT2D eigenvalue weighted by molar-refractivity contribution is 6.31. The normalized spacial score (nSPS) is 14.5. The number of aryl methyl sites for hydroxylation is 1. The number of halogens is 1. The Hall–Kier alpha value is -3.25. The first kappa shape index (κ1) is 16.2. The van der Waals surface area contributed by atoms with Crippen LogP contribution in [0.2, 0.25) is 5.15 Å². The van der Waals surface area contributed by atoms with Gasteiger partial charge in [-0.15, -0.1) is 0 Å². The van der Waals surface area contributed by atoms with Crippen molar-refractivity contribution in [2.45, 2.75) is 6.92 Å². The highest BCUT2D eigenvalue weighted by atomic mass is 35.5. The highest BCUT2D eigenvalue weighted by Crippen LogP contribution is 2.44. The number of benzene rings is 2. The van der Waals surface area contributed by atoms with Crippen LogP contribution < -0.4 is 4.74 Å². The number of phenols is 2. The fourth-order valence-corrected chi connectivity index (χ4v) is 3.10. The van der Waals surface area contributed by atoms with Gasteiger partial charge in [-0.2, -0.15) is 5.10 Å². The Balaban J connectivity index is 1.78. The topological polar surface area (TPSA) is 84.6 Å². The summed E-state index contributed by atoms with van der Waals surface area (Å²) in [5, 5.41) is 24.2. The molecule has 0 saturated carbocycles. The number of phenolic OH excluding ortho intramolecular Hbond substituents is 2. The summed E-state index contributed by atoms with van der Waals surface area (Å²) in [5.74, 6) is -1.30. The molecule has 0 aliphatic carbocycles. The third-order valence-corrected chi connectivity index (χ3v) is 4.48. The number of ether oxygens (including phenoxy) is 1. The number of carbonyl (C=O) groups excluding carboxylic acids is 1. The standard InChI is InChI=1S/C19H13ClN2O4/c1-10-13(19(20)22(21-10)11-5-3-2-4-6-11)9-15-16(24)12-7-8-14(23)17(25)18(12)26-15/h2-9,23,25H,1H3/b15-9-. The first-order chi connectivity index (χ1) is 12.5. The van der Waals surface area contributed by atoms with E-state index in [9.17, 15) is 15.0 Å². The van der Waals surface area contributed by atoms with Crippen LogP contribution in [-0.4, -0.2) is 25.8 Å². The zero-order valence-corrected chi connectivity index (χ0v) is 14.4. The molecule has 1 aliphatic heterocycles. The van der Waals surface area contributed by atoms with Crippen molar-refractivity contribution in [2.75, 3.05) is 0 Å². The van der Waals surface area contributed by atoms with E-state index in [4.69, 9.17) is 16.3 Å². The molecule has 0 radical (unpaired) electrons. The van der Waals surface area contributed by atoms with Gasteiger partial charge >= 0.3 is 0 Å². The number of aromatic nitrogens is 2. The molecule has 0 bridgehead atoms. The molecule has 7 heteroatoms. The smallest absolute Gasteiger partial charge is 0.232 e. The molecule has 1 aliphatic rings. The van der Waals surface area contributed by atoms with E-state index in [1.807, 2.05) is 30.3 Å². The third kappa shape index (κ3) is 2.43. The van der Waals surface area contributed by atoms with E-state index in [1.165, 1.54) is 18.2 Å². The summed E-state index contributed by atoms with van der Waals surface area (Å²) in [6.07, 6.45) is 1.49. The first-order valence-corrected chi connectivity index (χ1v) is 8.15. The number of ketones is 1. The molecular formula is C19H13ClN2O4. The van der Waals surface area contributed by atoms with Crippen LogP contribution in [0, 0.1) is 6.92 Å². The van der Waals surface area contributed by atoms with Crippen molar-refractivity contribution < 1.29 is 19.7 Å². The van der Waals surface area contributed by atoms with Crippen molar-refractivity contribution in [2.24, 2.45) is 0 Å². The molecule has 3 aromatic rings. The SMILES string of the molecule is Cc1nn(-c2ccccc2)c(Cl)c1/C=C1\Oc2c(ccc(O)c2O)C1=O. The van der Waals surface area contributed by atoms with Gasteiger partial charge in [0.25, 0.3) is 0 Å². The number of rotatable bonds is 2. The molecule has 2 N–H and O–H groups in total. The molecule has 130 valence electrons. The summed E-state index contributed by atoms with van der Waals surface area (Å²) in [7, 11) is 0. The molecule has 0 fully saturated rings. The fraction of sp³-hybridized carbons (Fsp3) is 0.0526. The van der Waals surface area contributed by atoms with Gasteiger partial charge in [-0.3, -0.25) is 4.79 Å². The number of Topliss-reactive ketones (excluding diaryl/α,β-unsaturated/α-hetero) is 1. The van der Waals surface area contributed by atoms with Gasteiger partial charge in [0.1, 0.15) is 5.15 Å². The summed E-state index contributed by atoms with van der Waals surface area (Å²) < 4.78 is 7.03.